The first-order chi connectivity index (χ1) is 11.9. The number of para-hydroxylation sites is 1. The minimum absolute atomic E-state index is 0.105. The molecular formula is C16H15FN2O5S. The third-order valence-electron chi connectivity index (χ3n) is 3.80. The lowest BCUT2D eigenvalue weighted by Gasteiger charge is -2.26. The molecule has 3 N–H and O–H groups in total. The van der Waals surface area contributed by atoms with Gasteiger partial charge in [0.25, 0.3) is 15.9 Å². The van der Waals surface area contributed by atoms with Crippen LogP contribution in [0.4, 0.5) is 10.1 Å². The number of fused-ring (bicyclic) bond motifs is 1. The second kappa shape index (κ2) is 6.69. The number of rotatable bonds is 4. The standard InChI is InChI=1S/C16H15FN2O5S/c17-11-5-7-12(8-6-11)25(22,23)19-13-3-1-2-10-4-9-14(16(20)18-21)24-15(10)13/h1-3,5-8,14,19,21H,4,9H2,(H,18,20). The van der Waals surface area contributed by atoms with E-state index in [9.17, 15) is 17.6 Å². The molecule has 0 bridgehead atoms. The van der Waals surface area contributed by atoms with Crippen LogP contribution in [0.15, 0.2) is 47.4 Å². The maximum absolute atomic E-state index is 13.0. The molecule has 0 fully saturated rings. The molecule has 25 heavy (non-hydrogen) atoms. The second-order valence-corrected chi connectivity index (χ2v) is 7.16. The van der Waals surface area contributed by atoms with Crippen LogP contribution in [-0.4, -0.2) is 25.6 Å². The number of hydrogen-bond acceptors (Lipinski definition) is 5. The van der Waals surface area contributed by atoms with E-state index in [2.05, 4.69) is 4.72 Å². The zero-order valence-electron chi connectivity index (χ0n) is 12.9. The molecule has 7 nitrogen and oxygen atoms in total. The zero-order valence-corrected chi connectivity index (χ0v) is 13.7. The van der Waals surface area contributed by atoms with Crippen LogP contribution in [0.1, 0.15) is 12.0 Å². The minimum atomic E-state index is -3.95. The van der Waals surface area contributed by atoms with Gasteiger partial charge >= 0.3 is 0 Å². The fourth-order valence-corrected chi connectivity index (χ4v) is 3.63. The van der Waals surface area contributed by atoms with Gasteiger partial charge in [-0.15, -0.1) is 0 Å². The van der Waals surface area contributed by atoms with Crippen molar-refractivity contribution in [1.29, 1.82) is 0 Å². The van der Waals surface area contributed by atoms with Crippen LogP contribution in [0.5, 0.6) is 5.75 Å². The molecule has 0 aliphatic carbocycles. The molecule has 0 aromatic heterocycles. The third kappa shape index (κ3) is 3.57. The molecule has 1 aliphatic heterocycles. The Balaban J connectivity index is 1.91. The fourth-order valence-electron chi connectivity index (χ4n) is 2.56. The summed E-state index contributed by atoms with van der Waals surface area (Å²) in [6, 6.07) is 9.32. The predicted octanol–water partition coefficient (Wildman–Crippen LogP) is 1.83. The Morgan fingerprint density at radius 1 is 1.20 bits per heavy atom. The van der Waals surface area contributed by atoms with Crippen LogP contribution in [0, 0.1) is 5.82 Å². The van der Waals surface area contributed by atoms with Crippen molar-refractivity contribution >= 4 is 21.6 Å². The van der Waals surface area contributed by atoms with Gasteiger partial charge < -0.3 is 4.74 Å². The van der Waals surface area contributed by atoms with Gasteiger partial charge in [0.15, 0.2) is 6.10 Å². The number of anilines is 1. The third-order valence-corrected chi connectivity index (χ3v) is 5.18. The molecule has 1 amide bonds. The van der Waals surface area contributed by atoms with Crippen LogP contribution in [0.3, 0.4) is 0 Å². The van der Waals surface area contributed by atoms with Crippen molar-refractivity contribution in [3.8, 4) is 5.75 Å². The molecular weight excluding hydrogens is 351 g/mol. The van der Waals surface area contributed by atoms with E-state index in [-0.39, 0.29) is 16.3 Å². The number of carbonyl (C=O) groups is 1. The predicted molar refractivity (Wildman–Crippen MR) is 86.3 cm³/mol. The summed E-state index contributed by atoms with van der Waals surface area (Å²) in [5.41, 5.74) is 2.43. The lowest BCUT2D eigenvalue weighted by atomic mass is 10.0. The maximum atomic E-state index is 13.0. The van der Waals surface area contributed by atoms with Crippen LogP contribution >= 0.6 is 0 Å². The first kappa shape index (κ1) is 17.2. The summed E-state index contributed by atoms with van der Waals surface area (Å²) in [6.07, 6.45) is -0.0819. The molecule has 9 heteroatoms. The summed E-state index contributed by atoms with van der Waals surface area (Å²) in [5.74, 6) is -1.02. The fraction of sp³-hybridized carbons (Fsp3) is 0.188. The molecule has 1 aliphatic rings. The van der Waals surface area contributed by atoms with E-state index in [1.165, 1.54) is 11.5 Å². The number of ether oxygens (including phenoxy) is 1. The van der Waals surface area contributed by atoms with E-state index in [1.54, 1.807) is 12.1 Å². The van der Waals surface area contributed by atoms with E-state index < -0.39 is 27.9 Å². The van der Waals surface area contributed by atoms with E-state index in [0.29, 0.717) is 12.8 Å². The Kier molecular flexibility index (Phi) is 4.60. The first-order valence-electron chi connectivity index (χ1n) is 7.41. The number of carbonyl (C=O) groups excluding carboxylic acids is 1. The molecule has 0 spiro atoms. The Hall–Kier alpha value is -2.65. The lowest BCUT2D eigenvalue weighted by Crippen LogP contribution is -2.39. The van der Waals surface area contributed by atoms with Gasteiger partial charge in [-0.25, -0.2) is 18.3 Å². The quantitative estimate of drug-likeness (QED) is 0.566. The summed E-state index contributed by atoms with van der Waals surface area (Å²) in [7, 11) is -3.95. The van der Waals surface area contributed by atoms with Gasteiger partial charge in [-0.2, -0.15) is 0 Å². The van der Waals surface area contributed by atoms with Crippen molar-refractivity contribution in [3.05, 3.63) is 53.8 Å². The molecule has 1 atom stereocenters. The molecule has 2 aromatic carbocycles. The van der Waals surface area contributed by atoms with Gasteiger partial charge in [-0.3, -0.25) is 14.7 Å². The average Bonchev–Trinajstić information content (AvgIpc) is 2.61. The number of sulfonamides is 1. The van der Waals surface area contributed by atoms with Crippen LogP contribution in [0.2, 0.25) is 0 Å². The number of nitrogens with one attached hydrogen (secondary N) is 2. The van der Waals surface area contributed by atoms with Crippen LogP contribution < -0.4 is 14.9 Å². The Bertz CT molecular complexity index is 899. The van der Waals surface area contributed by atoms with Gasteiger partial charge in [0.05, 0.1) is 10.6 Å². The highest BCUT2D eigenvalue weighted by Crippen LogP contribution is 2.36. The number of benzene rings is 2. The monoisotopic (exact) mass is 366 g/mol. The average molecular weight is 366 g/mol. The van der Waals surface area contributed by atoms with E-state index in [0.717, 1.165) is 29.8 Å². The highest BCUT2D eigenvalue weighted by molar-refractivity contribution is 7.92. The number of halogens is 1. The Morgan fingerprint density at radius 2 is 1.92 bits per heavy atom. The summed E-state index contributed by atoms with van der Waals surface area (Å²) in [4.78, 5) is 11.5. The maximum Gasteiger partial charge on any atom is 0.284 e. The number of aryl methyl sites for hydroxylation is 1. The first-order valence-corrected chi connectivity index (χ1v) is 8.90. The molecule has 0 radical (unpaired) electrons. The van der Waals surface area contributed by atoms with Crippen molar-refractivity contribution in [1.82, 2.24) is 5.48 Å². The SMILES string of the molecule is O=C(NO)C1CCc2cccc(NS(=O)(=O)c3ccc(F)cc3)c2O1. The summed E-state index contributed by atoms with van der Waals surface area (Å²) < 4.78 is 45.9. The van der Waals surface area contributed by atoms with Crippen molar-refractivity contribution in [2.45, 2.75) is 23.8 Å². The van der Waals surface area contributed by atoms with E-state index in [4.69, 9.17) is 9.94 Å². The van der Waals surface area contributed by atoms with Gasteiger partial charge in [-0.05, 0) is 48.7 Å². The second-order valence-electron chi connectivity index (χ2n) is 5.47. The van der Waals surface area contributed by atoms with Gasteiger partial charge in [-0.1, -0.05) is 12.1 Å². The van der Waals surface area contributed by atoms with Crippen LogP contribution in [0.25, 0.3) is 0 Å². The highest BCUT2D eigenvalue weighted by Gasteiger charge is 2.28. The summed E-state index contributed by atoms with van der Waals surface area (Å²) >= 11 is 0. The van der Waals surface area contributed by atoms with Gasteiger partial charge in [0, 0.05) is 0 Å². The van der Waals surface area contributed by atoms with Crippen molar-refractivity contribution in [2.24, 2.45) is 0 Å². The van der Waals surface area contributed by atoms with Gasteiger partial charge in [0.2, 0.25) is 0 Å². The highest BCUT2D eigenvalue weighted by atomic mass is 32.2. The lowest BCUT2D eigenvalue weighted by molar-refractivity contribution is -0.137. The minimum Gasteiger partial charge on any atom is -0.478 e. The van der Waals surface area contributed by atoms with Gasteiger partial charge in [0.1, 0.15) is 11.6 Å². The number of hydroxylamine groups is 1. The molecule has 1 unspecified atom stereocenters. The van der Waals surface area contributed by atoms with Crippen molar-refractivity contribution in [3.63, 3.8) is 0 Å². The molecule has 1 heterocycles. The number of hydrogen-bond donors (Lipinski definition) is 3. The molecule has 0 saturated heterocycles. The Labute approximate surface area is 143 Å². The molecule has 132 valence electrons. The topological polar surface area (TPSA) is 105 Å². The van der Waals surface area contributed by atoms with Crippen molar-refractivity contribution < 1.29 is 27.5 Å². The van der Waals surface area contributed by atoms with Crippen molar-refractivity contribution in [2.75, 3.05) is 4.72 Å². The molecule has 3 rings (SSSR count). The molecule has 0 saturated carbocycles. The summed E-state index contributed by atoms with van der Waals surface area (Å²) in [6.45, 7) is 0. The van der Waals surface area contributed by atoms with E-state index >= 15 is 0 Å². The van der Waals surface area contributed by atoms with E-state index in [1.807, 2.05) is 0 Å². The van der Waals surface area contributed by atoms with Crippen LogP contribution in [-0.2, 0) is 21.2 Å². The summed E-state index contributed by atoms with van der Waals surface area (Å²) in [5, 5.41) is 8.74. The largest absolute Gasteiger partial charge is 0.478 e. The Morgan fingerprint density at radius 3 is 2.60 bits per heavy atom. The normalized spacial score (nSPS) is 16.5. The zero-order chi connectivity index (χ0) is 18.0. The number of amides is 1. The smallest absolute Gasteiger partial charge is 0.284 e. The molecule has 2 aromatic rings.